The van der Waals surface area contributed by atoms with E-state index in [1.54, 1.807) is 18.2 Å². The van der Waals surface area contributed by atoms with Crippen LogP contribution in [0, 0.1) is 22.7 Å². The van der Waals surface area contributed by atoms with Crippen LogP contribution in [0.3, 0.4) is 0 Å². The van der Waals surface area contributed by atoms with Gasteiger partial charge in [0.1, 0.15) is 23.5 Å². The number of likely N-dealkylation sites (tertiary alicyclic amines) is 1. The fourth-order valence-corrected chi connectivity index (χ4v) is 6.34. The average Bonchev–Trinajstić information content (AvgIpc) is 3.53. The van der Waals surface area contributed by atoms with Crippen LogP contribution in [0.4, 0.5) is 8.78 Å². The summed E-state index contributed by atoms with van der Waals surface area (Å²) < 4.78 is 33.5. The van der Waals surface area contributed by atoms with E-state index in [0.717, 1.165) is 6.42 Å². The van der Waals surface area contributed by atoms with E-state index in [4.69, 9.17) is 4.74 Å². The number of halogens is 2. The Balaban J connectivity index is 1.39. The van der Waals surface area contributed by atoms with Gasteiger partial charge in [-0.1, -0.05) is 6.07 Å². The molecule has 11 heteroatoms. The van der Waals surface area contributed by atoms with Gasteiger partial charge in [0.05, 0.1) is 13.2 Å². The number of ether oxygens (including phenoxy) is 1. The number of nitrogens with zero attached hydrogens (tertiary/aromatic N) is 2. The second kappa shape index (κ2) is 10.5. The highest BCUT2D eigenvalue weighted by Crippen LogP contribution is 2.50. The number of H-pyrrole nitrogens is 1. The summed E-state index contributed by atoms with van der Waals surface area (Å²) in [6.45, 7) is 0.771. The van der Waals surface area contributed by atoms with Crippen LogP contribution in [0.5, 0.6) is 5.75 Å². The second-order valence-corrected chi connectivity index (χ2v) is 11.2. The van der Waals surface area contributed by atoms with E-state index in [1.807, 2.05) is 6.07 Å². The van der Waals surface area contributed by atoms with Crippen molar-refractivity contribution in [2.24, 2.45) is 11.3 Å². The van der Waals surface area contributed by atoms with Crippen molar-refractivity contribution >= 4 is 28.6 Å². The standard InChI is InChI=1S/C28H33F2N5O4/c1-39-23-6-2-5-20-19(23)13-21(34-20)26(38)35-16-27(7-9-28(29,30)10-8-27)14-22(35)25(37)33-18(15-31)12-17-4-3-11-32-24(17)36/h2,5-6,13,17-18,22,34H,3-4,7-12,14,16H2,1H3,(H,32,36)(H,33,37)/t17-,18-,22+/m0/s1. The molecule has 208 valence electrons. The van der Waals surface area contributed by atoms with Gasteiger partial charge < -0.3 is 25.3 Å². The first kappa shape index (κ1) is 26.9. The third-order valence-electron chi connectivity index (χ3n) is 8.58. The number of hydrogen-bond acceptors (Lipinski definition) is 5. The van der Waals surface area contributed by atoms with Crippen LogP contribution in [-0.2, 0) is 9.59 Å². The van der Waals surface area contributed by atoms with Crippen molar-refractivity contribution < 1.29 is 27.9 Å². The van der Waals surface area contributed by atoms with Crippen molar-refractivity contribution in [3.05, 3.63) is 30.0 Å². The van der Waals surface area contributed by atoms with Gasteiger partial charge in [-0.25, -0.2) is 8.78 Å². The molecule has 1 aromatic carbocycles. The summed E-state index contributed by atoms with van der Waals surface area (Å²) in [7, 11) is 1.54. The van der Waals surface area contributed by atoms with Crippen molar-refractivity contribution in [3.63, 3.8) is 0 Å². The minimum atomic E-state index is -2.75. The van der Waals surface area contributed by atoms with E-state index >= 15 is 0 Å². The average molecular weight is 542 g/mol. The Morgan fingerprint density at radius 2 is 2.05 bits per heavy atom. The van der Waals surface area contributed by atoms with Crippen LogP contribution >= 0.6 is 0 Å². The van der Waals surface area contributed by atoms with Gasteiger partial charge in [0.25, 0.3) is 5.91 Å². The van der Waals surface area contributed by atoms with Crippen LogP contribution in [0.2, 0.25) is 0 Å². The van der Waals surface area contributed by atoms with E-state index < -0.39 is 35.2 Å². The maximum absolute atomic E-state index is 14.0. The third kappa shape index (κ3) is 5.42. The van der Waals surface area contributed by atoms with Gasteiger partial charge in [-0.15, -0.1) is 0 Å². The molecule has 3 aliphatic rings. The molecule has 3 heterocycles. The Kier molecular flexibility index (Phi) is 7.23. The van der Waals surface area contributed by atoms with Crippen molar-refractivity contribution in [1.29, 1.82) is 5.26 Å². The molecule has 1 saturated carbocycles. The highest BCUT2D eigenvalue weighted by molar-refractivity contribution is 6.02. The number of piperidine rings is 1. The Bertz CT molecular complexity index is 1310. The van der Waals surface area contributed by atoms with Gasteiger partial charge in [-0.3, -0.25) is 14.4 Å². The predicted molar refractivity (Wildman–Crippen MR) is 138 cm³/mol. The number of alkyl halides is 2. The molecule has 1 aliphatic carbocycles. The lowest BCUT2D eigenvalue weighted by Gasteiger charge is -2.36. The number of aromatic nitrogens is 1. The largest absolute Gasteiger partial charge is 0.496 e. The first-order chi connectivity index (χ1) is 18.6. The number of aromatic amines is 1. The number of amides is 3. The molecule has 3 atom stereocenters. The van der Waals surface area contributed by atoms with E-state index in [1.165, 1.54) is 12.0 Å². The number of methoxy groups -OCH3 is 1. The molecule has 1 spiro atoms. The van der Waals surface area contributed by atoms with Crippen molar-refractivity contribution in [2.45, 2.75) is 69.4 Å². The summed E-state index contributed by atoms with van der Waals surface area (Å²) >= 11 is 0. The zero-order chi connectivity index (χ0) is 27.8. The molecule has 2 saturated heterocycles. The lowest BCUT2D eigenvalue weighted by Crippen LogP contribution is -2.49. The summed E-state index contributed by atoms with van der Waals surface area (Å²) in [6.07, 6.45) is 1.69. The number of benzene rings is 1. The lowest BCUT2D eigenvalue weighted by atomic mass is 9.71. The molecule has 1 aromatic heterocycles. The monoisotopic (exact) mass is 541 g/mol. The molecule has 3 amide bonds. The topological polar surface area (TPSA) is 127 Å². The molecule has 0 bridgehead atoms. The summed E-state index contributed by atoms with van der Waals surface area (Å²) in [5, 5.41) is 16.0. The van der Waals surface area contributed by atoms with Crippen LogP contribution in [0.1, 0.15) is 61.9 Å². The van der Waals surface area contributed by atoms with Crippen LogP contribution in [0.25, 0.3) is 10.9 Å². The van der Waals surface area contributed by atoms with Crippen LogP contribution in [-0.4, -0.2) is 65.8 Å². The summed E-state index contributed by atoms with van der Waals surface area (Å²) in [6, 6.07) is 7.31. The third-order valence-corrected chi connectivity index (χ3v) is 8.58. The minimum absolute atomic E-state index is 0.134. The quantitative estimate of drug-likeness (QED) is 0.516. The van der Waals surface area contributed by atoms with Gasteiger partial charge in [-0.2, -0.15) is 5.26 Å². The Morgan fingerprint density at radius 3 is 2.74 bits per heavy atom. The van der Waals surface area contributed by atoms with E-state index in [9.17, 15) is 28.4 Å². The lowest BCUT2D eigenvalue weighted by molar-refractivity contribution is -0.128. The number of hydrogen-bond donors (Lipinski definition) is 3. The minimum Gasteiger partial charge on any atom is -0.496 e. The molecular weight excluding hydrogens is 508 g/mol. The maximum Gasteiger partial charge on any atom is 0.271 e. The number of nitrogens with one attached hydrogen (secondary N) is 3. The Hall–Kier alpha value is -3.68. The summed E-state index contributed by atoms with van der Waals surface area (Å²) in [5.74, 6) is -3.59. The van der Waals surface area contributed by atoms with Crippen LogP contribution < -0.4 is 15.4 Å². The zero-order valence-electron chi connectivity index (χ0n) is 21.9. The van der Waals surface area contributed by atoms with Gasteiger partial charge in [0.2, 0.25) is 17.7 Å². The summed E-state index contributed by atoms with van der Waals surface area (Å²) in [5.41, 5.74) is 0.357. The van der Waals surface area contributed by atoms with Gasteiger partial charge in [0.15, 0.2) is 0 Å². The summed E-state index contributed by atoms with van der Waals surface area (Å²) in [4.78, 5) is 44.1. The van der Waals surface area contributed by atoms with Crippen molar-refractivity contribution in [2.75, 3.05) is 20.2 Å². The predicted octanol–water partition coefficient (Wildman–Crippen LogP) is 3.51. The highest BCUT2D eigenvalue weighted by Gasteiger charge is 2.53. The molecule has 2 aliphatic heterocycles. The fourth-order valence-electron chi connectivity index (χ4n) is 6.34. The van der Waals surface area contributed by atoms with Gasteiger partial charge in [0, 0.05) is 42.8 Å². The fraction of sp³-hybridized carbons (Fsp3) is 0.571. The van der Waals surface area contributed by atoms with Gasteiger partial charge >= 0.3 is 0 Å². The van der Waals surface area contributed by atoms with E-state index in [2.05, 4.69) is 21.7 Å². The molecule has 3 fully saturated rings. The zero-order valence-corrected chi connectivity index (χ0v) is 21.9. The Labute approximate surface area is 225 Å². The molecule has 39 heavy (non-hydrogen) atoms. The molecule has 5 rings (SSSR count). The molecule has 2 aromatic rings. The normalized spacial score (nSPS) is 24.7. The van der Waals surface area contributed by atoms with E-state index in [-0.39, 0.29) is 62.6 Å². The second-order valence-electron chi connectivity index (χ2n) is 11.2. The molecular formula is C28H33F2N5O4. The number of nitriles is 1. The number of carbonyl (C=O) groups excluding carboxylic acids is 3. The number of rotatable bonds is 6. The molecule has 0 unspecified atom stereocenters. The van der Waals surface area contributed by atoms with Crippen molar-refractivity contribution in [1.82, 2.24) is 20.5 Å². The van der Waals surface area contributed by atoms with Crippen molar-refractivity contribution in [3.8, 4) is 11.8 Å². The Morgan fingerprint density at radius 1 is 1.28 bits per heavy atom. The van der Waals surface area contributed by atoms with Gasteiger partial charge in [-0.05, 0) is 62.1 Å². The SMILES string of the molecule is COc1cccc2[nH]c(C(=O)N3CC4(CCC(F)(F)CC4)C[C@@H]3C(=O)N[C@H](C#N)C[C@@H]3CCCNC3=O)cc12. The molecule has 0 radical (unpaired) electrons. The van der Waals surface area contributed by atoms with E-state index in [0.29, 0.717) is 29.6 Å². The number of carbonyl (C=O) groups is 3. The highest BCUT2D eigenvalue weighted by atomic mass is 19.3. The maximum atomic E-state index is 14.0. The first-order valence-electron chi connectivity index (χ1n) is 13.5. The smallest absolute Gasteiger partial charge is 0.271 e. The molecule has 3 N–H and O–H groups in total. The first-order valence-corrected chi connectivity index (χ1v) is 13.5. The molecule has 9 nitrogen and oxygen atoms in total. The number of fused-ring (bicyclic) bond motifs is 1. The van der Waals surface area contributed by atoms with Crippen LogP contribution in [0.15, 0.2) is 24.3 Å².